The van der Waals surface area contributed by atoms with Crippen molar-refractivity contribution >= 4 is 22.6 Å². The third-order valence-corrected chi connectivity index (χ3v) is 3.54. The first-order valence-corrected chi connectivity index (χ1v) is 6.84. The average Bonchev–Trinajstić information content (AvgIpc) is 2.55. The predicted molar refractivity (Wildman–Crippen MR) is 84.3 cm³/mol. The zero-order valence-electron chi connectivity index (χ0n) is 12.5. The van der Waals surface area contributed by atoms with Gasteiger partial charge in [-0.25, -0.2) is 4.98 Å². The predicted octanol–water partition coefficient (Wildman–Crippen LogP) is 1.24. The van der Waals surface area contributed by atoms with Crippen LogP contribution in [0.5, 0.6) is 5.75 Å². The molecule has 0 saturated heterocycles. The number of aromatic hydroxyl groups is 1. The van der Waals surface area contributed by atoms with Crippen molar-refractivity contribution < 1.29 is 19.4 Å². The van der Waals surface area contributed by atoms with Crippen LogP contribution in [0, 0.1) is 0 Å². The maximum Gasteiger partial charge on any atom is 0.224 e. The summed E-state index contributed by atoms with van der Waals surface area (Å²) in [7, 11) is 3.72. The van der Waals surface area contributed by atoms with E-state index in [0.717, 1.165) is 11.8 Å². The average molecular weight is 314 g/mol. The molecule has 0 atom stereocenters. The number of aliphatic hydroxyl groups excluding tert-OH is 1. The SMILES string of the molecule is CN(C)c1ccc2nc3c(C(=O)CO)cc(=O)c(O)c-3oc2c1. The number of benzene rings is 2. The molecule has 2 aliphatic rings. The zero-order chi connectivity index (χ0) is 16.7. The lowest BCUT2D eigenvalue weighted by molar-refractivity contribution is 0.0904. The third-order valence-electron chi connectivity index (χ3n) is 3.54. The Hall–Kier alpha value is -2.93. The topological polar surface area (TPSA) is 104 Å². The molecule has 7 heteroatoms. The summed E-state index contributed by atoms with van der Waals surface area (Å²) >= 11 is 0. The van der Waals surface area contributed by atoms with Crippen molar-refractivity contribution in [2.45, 2.75) is 0 Å². The first-order chi connectivity index (χ1) is 10.9. The molecule has 0 fully saturated rings. The number of phenolic OH excluding ortho intramolecular Hbond substituents is 1. The van der Waals surface area contributed by atoms with Crippen LogP contribution in [0.15, 0.2) is 33.5 Å². The van der Waals surface area contributed by atoms with Gasteiger partial charge in [0.1, 0.15) is 17.8 Å². The fraction of sp³-hybridized carbons (Fsp3) is 0.188. The molecule has 2 N–H and O–H groups in total. The summed E-state index contributed by atoms with van der Waals surface area (Å²) in [5, 5.41) is 19.0. The van der Waals surface area contributed by atoms with Gasteiger partial charge in [-0.2, -0.15) is 0 Å². The van der Waals surface area contributed by atoms with Crippen molar-refractivity contribution in [2.24, 2.45) is 0 Å². The molecule has 1 aromatic rings. The van der Waals surface area contributed by atoms with E-state index in [1.54, 1.807) is 12.1 Å². The van der Waals surface area contributed by atoms with Crippen LogP contribution in [0.2, 0.25) is 0 Å². The van der Waals surface area contributed by atoms with Crippen LogP contribution in [0.25, 0.3) is 22.6 Å². The molecule has 1 aromatic carbocycles. The Labute approximate surface area is 130 Å². The zero-order valence-corrected chi connectivity index (χ0v) is 12.5. The van der Waals surface area contributed by atoms with Crippen LogP contribution in [-0.2, 0) is 0 Å². The summed E-state index contributed by atoms with van der Waals surface area (Å²) < 4.78 is 5.61. The van der Waals surface area contributed by atoms with E-state index in [9.17, 15) is 14.7 Å². The van der Waals surface area contributed by atoms with E-state index in [4.69, 9.17) is 9.52 Å². The van der Waals surface area contributed by atoms with Crippen molar-refractivity contribution in [3.63, 3.8) is 0 Å². The molecule has 118 valence electrons. The number of hydrogen-bond acceptors (Lipinski definition) is 7. The highest BCUT2D eigenvalue weighted by atomic mass is 16.4. The maximum atomic E-state index is 11.8. The van der Waals surface area contributed by atoms with Gasteiger partial charge in [0, 0.05) is 31.9 Å². The summed E-state index contributed by atoms with van der Waals surface area (Å²) in [6.07, 6.45) is 0. The number of fused-ring (bicyclic) bond motifs is 2. The van der Waals surface area contributed by atoms with E-state index in [2.05, 4.69) is 4.98 Å². The summed E-state index contributed by atoms with van der Waals surface area (Å²) in [4.78, 5) is 29.8. The van der Waals surface area contributed by atoms with E-state index in [-0.39, 0.29) is 17.0 Å². The third kappa shape index (κ3) is 2.40. The Morgan fingerprint density at radius 2 is 2.04 bits per heavy atom. The molecule has 0 radical (unpaired) electrons. The van der Waals surface area contributed by atoms with Crippen molar-refractivity contribution in [2.75, 3.05) is 25.6 Å². The van der Waals surface area contributed by atoms with Gasteiger partial charge < -0.3 is 19.5 Å². The van der Waals surface area contributed by atoms with Gasteiger partial charge in [0.15, 0.2) is 17.1 Å². The number of carbonyl (C=O) groups excluding carboxylic acids is 1. The van der Waals surface area contributed by atoms with Crippen LogP contribution >= 0.6 is 0 Å². The molecule has 0 saturated carbocycles. The molecule has 0 bridgehead atoms. The lowest BCUT2D eigenvalue weighted by Gasteiger charge is -2.14. The minimum Gasteiger partial charge on any atom is -0.501 e. The van der Waals surface area contributed by atoms with Gasteiger partial charge >= 0.3 is 0 Å². The molecule has 1 aliphatic heterocycles. The van der Waals surface area contributed by atoms with Gasteiger partial charge in [-0.15, -0.1) is 0 Å². The molecule has 0 amide bonds. The van der Waals surface area contributed by atoms with Crippen LogP contribution in [0.3, 0.4) is 0 Å². The van der Waals surface area contributed by atoms with Gasteiger partial charge in [0.25, 0.3) is 0 Å². The van der Waals surface area contributed by atoms with Gasteiger partial charge in [-0.1, -0.05) is 0 Å². The van der Waals surface area contributed by atoms with E-state index < -0.39 is 23.6 Å². The molecule has 0 unspecified atom stereocenters. The Bertz CT molecular complexity index is 945. The standard InChI is InChI=1S/C16H14N2O5/c1-18(2)8-3-4-10-13(5-8)23-16-14(17-10)9(12(21)7-19)6-11(20)15(16)22/h3-6,19,22H,7H2,1-2H3. The summed E-state index contributed by atoms with van der Waals surface area (Å²) in [5.74, 6) is -1.45. The Morgan fingerprint density at radius 3 is 2.70 bits per heavy atom. The molecule has 0 aromatic heterocycles. The second-order valence-electron chi connectivity index (χ2n) is 5.29. The van der Waals surface area contributed by atoms with Crippen LogP contribution in [-0.4, -0.2) is 41.7 Å². The minimum atomic E-state index is -0.765. The minimum absolute atomic E-state index is 0.0475. The Kier molecular flexibility index (Phi) is 3.49. The highest BCUT2D eigenvalue weighted by Gasteiger charge is 2.24. The van der Waals surface area contributed by atoms with E-state index >= 15 is 0 Å². The van der Waals surface area contributed by atoms with Gasteiger partial charge in [0.2, 0.25) is 11.2 Å². The number of carbonyl (C=O) groups is 1. The number of hydrogen-bond donors (Lipinski definition) is 2. The van der Waals surface area contributed by atoms with Crippen molar-refractivity contribution in [1.29, 1.82) is 0 Å². The lowest BCUT2D eigenvalue weighted by Crippen LogP contribution is -2.14. The number of nitrogens with zero attached hydrogens (tertiary/aromatic N) is 2. The quantitative estimate of drug-likeness (QED) is 0.553. The molecule has 0 spiro atoms. The number of Topliss-reactive ketones (excluding diaryl/α,β-unsaturated/α-hetero) is 1. The fourth-order valence-electron chi connectivity index (χ4n) is 2.31. The van der Waals surface area contributed by atoms with Crippen LogP contribution in [0.1, 0.15) is 10.4 Å². The lowest BCUT2D eigenvalue weighted by atomic mass is 10.0. The molecule has 1 heterocycles. The molecular formula is C16H14N2O5. The number of rotatable bonds is 3. The number of aromatic nitrogens is 1. The molecular weight excluding hydrogens is 300 g/mol. The van der Waals surface area contributed by atoms with E-state index in [0.29, 0.717) is 11.1 Å². The highest BCUT2D eigenvalue weighted by Crippen LogP contribution is 2.33. The van der Waals surface area contributed by atoms with Crippen LogP contribution < -0.4 is 10.3 Å². The Balaban J connectivity index is 2.40. The van der Waals surface area contributed by atoms with Crippen molar-refractivity contribution in [3.05, 3.63) is 40.1 Å². The molecule has 7 nitrogen and oxygen atoms in total. The fourth-order valence-corrected chi connectivity index (χ4v) is 2.31. The summed E-state index contributed by atoms with van der Waals surface area (Å²) in [6.45, 7) is -0.765. The van der Waals surface area contributed by atoms with Gasteiger partial charge in [-0.05, 0) is 12.1 Å². The molecule has 3 rings (SSSR count). The molecule has 23 heavy (non-hydrogen) atoms. The van der Waals surface area contributed by atoms with E-state index in [1.807, 2.05) is 25.1 Å². The second kappa shape index (κ2) is 5.36. The normalized spacial score (nSPS) is 11.1. The van der Waals surface area contributed by atoms with Crippen molar-refractivity contribution in [3.8, 4) is 17.2 Å². The van der Waals surface area contributed by atoms with Gasteiger partial charge in [-0.3, -0.25) is 9.59 Å². The Morgan fingerprint density at radius 1 is 1.30 bits per heavy atom. The molecule has 1 aliphatic carbocycles. The monoisotopic (exact) mass is 314 g/mol. The van der Waals surface area contributed by atoms with Gasteiger partial charge in [0.05, 0.1) is 5.56 Å². The maximum absolute atomic E-state index is 11.8. The number of phenols is 1. The number of aliphatic hydroxyl groups is 1. The summed E-state index contributed by atoms with van der Waals surface area (Å²) in [6, 6.07) is 6.21. The number of ketones is 1. The smallest absolute Gasteiger partial charge is 0.224 e. The first-order valence-electron chi connectivity index (χ1n) is 6.84. The largest absolute Gasteiger partial charge is 0.501 e. The number of anilines is 1. The first kappa shape index (κ1) is 15.0. The summed E-state index contributed by atoms with van der Waals surface area (Å²) in [5.41, 5.74) is 0.897. The van der Waals surface area contributed by atoms with Crippen molar-refractivity contribution in [1.82, 2.24) is 4.98 Å². The second-order valence-corrected chi connectivity index (χ2v) is 5.29. The van der Waals surface area contributed by atoms with E-state index in [1.165, 1.54) is 0 Å². The van der Waals surface area contributed by atoms with Crippen LogP contribution in [0.4, 0.5) is 5.69 Å². The highest BCUT2D eigenvalue weighted by molar-refractivity contribution is 6.03.